The summed E-state index contributed by atoms with van der Waals surface area (Å²) in [6.45, 7) is 1.21. The fraction of sp³-hybridized carbons (Fsp3) is 0.333. The first-order valence-electron chi connectivity index (χ1n) is 6.15. The zero-order valence-electron chi connectivity index (χ0n) is 10.7. The largest absolute Gasteiger partial charge is 0.337 e. The van der Waals surface area contributed by atoms with Crippen LogP contribution in [0.3, 0.4) is 0 Å². The normalized spacial score (nSPS) is 11.7. The van der Waals surface area contributed by atoms with E-state index >= 15 is 0 Å². The van der Waals surface area contributed by atoms with Crippen molar-refractivity contribution in [2.75, 3.05) is 6.54 Å². The molecule has 0 saturated heterocycles. The third kappa shape index (κ3) is 4.29. The molecule has 2 aromatic heterocycles. The number of imidazole rings is 1. The van der Waals surface area contributed by atoms with E-state index < -0.39 is 10.0 Å². The molecule has 108 valence electrons. The van der Waals surface area contributed by atoms with E-state index in [1.54, 1.807) is 12.5 Å². The molecule has 2 aromatic rings. The lowest BCUT2D eigenvalue weighted by atomic mass is 10.3. The summed E-state index contributed by atoms with van der Waals surface area (Å²) in [7, 11) is -3.51. The average molecular weight is 315 g/mol. The van der Waals surface area contributed by atoms with Gasteiger partial charge in [-0.1, -0.05) is 11.6 Å². The van der Waals surface area contributed by atoms with Gasteiger partial charge in [-0.25, -0.2) is 23.1 Å². The van der Waals surface area contributed by atoms with Crippen LogP contribution < -0.4 is 4.72 Å². The van der Waals surface area contributed by atoms with Crippen molar-refractivity contribution in [3.05, 3.63) is 42.2 Å². The van der Waals surface area contributed by atoms with Crippen LogP contribution in [-0.2, 0) is 16.6 Å². The van der Waals surface area contributed by atoms with Crippen LogP contribution in [-0.4, -0.2) is 29.5 Å². The zero-order valence-corrected chi connectivity index (χ0v) is 12.3. The molecule has 0 aliphatic carbocycles. The number of nitrogens with one attached hydrogen (secondary N) is 1. The van der Waals surface area contributed by atoms with Gasteiger partial charge in [-0.2, -0.15) is 0 Å². The highest BCUT2D eigenvalue weighted by molar-refractivity contribution is 7.89. The minimum Gasteiger partial charge on any atom is -0.337 e. The van der Waals surface area contributed by atoms with Crippen molar-refractivity contribution in [1.29, 1.82) is 0 Å². The topological polar surface area (TPSA) is 76.9 Å². The Bertz CT molecular complexity index is 643. The molecule has 0 radical (unpaired) electrons. The van der Waals surface area contributed by atoms with Crippen molar-refractivity contribution in [3.63, 3.8) is 0 Å². The van der Waals surface area contributed by atoms with Crippen LogP contribution >= 0.6 is 11.6 Å². The summed E-state index contributed by atoms with van der Waals surface area (Å²) >= 11 is 5.68. The highest BCUT2D eigenvalue weighted by atomic mass is 35.5. The van der Waals surface area contributed by atoms with E-state index in [0.717, 1.165) is 19.4 Å². The zero-order chi connectivity index (χ0) is 14.4. The van der Waals surface area contributed by atoms with Gasteiger partial charge >= 0.3 is 0 Å². The SMILES string of the molecule is O=S(=O)(NCCCCn1ccnc1)c1ccnc(Cl)c1. The predicted octanol–water partition coefficient (Wildman–Crippen LogP) is 1.69. The Balaban J connectivity index is 1.78. The van der Waals surface area contributed by atoms with Gasteiger partial charge in [0.05, 0.1) is 11.2 Å². The number of hydrogen-bond donors (Lipinski definition) is 1. The molecular weight excluding hydrogens is 300 g/mol. The van der Waals surface area contributed by atoms with Gasteiger partial charge in [-0.05, 0) is 25.0 Å². The summed E-state index contributed by atoms with van der Waals surface area (Å²) in [6, 6.07) is 2.75. The molecule has 0 atom stereocenters. The average Bonchev–Trinajstić information content (AvgIpc) is 2.91. The van der Waals surface area contributed by atoms with Crippen molar-refractivity contribution in [2.24, 2.45) is 0 Å². The lowest BCUT2D eigenvalue weighted by Gasteiger charge is -2.07. The maximum atomic E-state index is 12.0. The van der Waals surface area contributed by atoms with Crippen LogP contribution in [0.25, 0.3) is 0 Å². The number of sulfonamides is 1. The first kappa shape index (κ1) is 15.0. The first-order chi connectivity index (χ1) is 9.58. The molecule has 6 nitrogen and oxygen atoms in total. The Labute approximate surface area is 122 Å². The third-order valence-electron chi connectivity index (χ3n) is 2.70. The summed E-state index contributed by atoms with van der Waals surface area (Å²) in [5.41, 5.74) is 0. The molecule has 8 heteroatoms. The summed E-state index contributed by atoms with van der Waals surface area (Å²) in [6.07, 6.45) is 8.32. The maximum Gasteiger partial charge on any atom is 0.240 e. The van der Waals surface area contributed by atoms with Crippen LogP contribution in [0.2, 0.25) is 5.15 Å². The Morgan fingerprint density at radius 1 is 1.30 bits per heavy atom. The second-order valence-corrected chi connectivity index (χ2v) is 6.37. The van der Waals surface area contributed by atoms with Crippen LogP contribution in [0.1, 0.15) is 12.8 Å². The van der Waals surface area contributed by atoms with Gasteiger partial charge < -0.3 is 4.57 Å². The Kier molecular flexibility index (Phi) is 5.11. The van der Waals surface area contributed by atoms with Crippen molar-refractivity contribution in [2.45, 2.75) is 24.3 Å². The van der Waals surface area contributed by atoms with Crippen molar-refractivity contribution < 1.29 is 8.42 Å². The molecule has 0 spiro atoms. The molecule has 0 bridgehead atoms. The van der Waals surface area contributed by atoms with Crippen molar-refractivity contribution >= 4 is 21.6 Å². The number of nitrogens with zero attached hydrogens (tertiary/aromatic N) is 3. The second kappa shape index (κ2) is 6.83. The van der Waals surface area contributed by atoms with E-state index in [2.05, 4.69) is 14.7 Å². The number of pyridine rings is 1. The number of unbranched alkanes of at least 4 members (excludes halogenated alkanes) is 1. The number of halogens is 1. The minimum absolute atomic E-state index is 0.132. The smallest absolute Gasteiger partial charge is 0.240 e. The molecule has 20 heavy (non-hydrogen) atoms. The Morgan fingerprint density at radius 2 is 2.15 bits per heavy atom. The minimum atomic E-state index is -3.51. The van der Waals surface area contributed by atoms with Gasteiger partial charge in [0, 0.05) is 31.7 Å². The monoisotopic (exact) mass is 314 g/mol. The lowest BCUT2D eigenvalue weighted by Crippen LogP contribution is -2.25. The second-order valence-electron chi connectivity index (χ2n) is 4.22. The van der Waals surface area contributed by atoms with E-state index in [0.29, 0.717) is 6.54 Å². The Morgan fingerprint density at radius 3 is 2.85 bits per heavy atom. The van der Waals surface area contributed by atoms with E-state index in [1.165, 1.54) is 18.3 Å². The fourth-order valence-corrected chi connectivity index (χ4v) is 3.01. The predicted molar refractivity (Wildman–Crippen MR) is 75.9 cm³/mol. The van der Waals surface area contributed by atoms with E-state index in [-0.39, 0.29) is 10.0 Å². The molecule has 0 aliphatic rings. The fourth-order valence-electron chi connectivity index (χ4n) is 1.68. The van der Waals surface area contributed by atoms with Gasteiger partial charge in [-0.3, -0.25) is 0 Å². The molecular formula is C12H15ClN4O2S. The molecule has 2 rings (SSSR count). The number of aromatic nitrogens is 3. The summed E-state index contributed by atoms with van der Waals surface area (Å²) in [4.78, 5) is 7.83. The van der Waals surface area contributed by atoms with Gasteiger partial charge in [0.15, 0.2) is 0 Å². The number of rotatable bonds is 7. The first-order valence-corrected chi connectivity index (χ1v) is 8.01. The van der Waals surface area contributed by atoms with E-state index in [9.17, 15) is 8.42 Å². The van der Waals surface area contributed by atoms with E-state index in [1.807, 2.05) is 10.8 Å². The standard InChI is InChI=1S/C12H15ClN4O2S/c13-12-9-11(3-5-15-12)20(18,19)16-4-1-2-7-17-8-6-14-10-17/h3,5-6,8-10,16H,1-2,4,7H2. The summed E-state index contributed by atoms with van der Waals surface area (Å²) < 4.78 is 28.4. The van der Waals surface area contributed by atoms with Gasteiger partial charge in [0.1, 0.15) is 5.15 Å². The molecule has 0 unspecified atom stereocenters. The van der Waals surface area contributed by atoms with Gasteiger partial charge in [0.25, 0.3) is 0 Å². The van der Waals surface area contributed by atoms with Crippen molar-refractivity contribution in [3.8, 4) is 0 Å². The van der Waals surface area contributed by atoms with Crippen LogP contribution in [0.15, 0.2) is 41.9 Å². The van der Waals surface area contributed by atoms with Crippen LogP contribution in [0.4, 0.5) is 0 Å². The molecule has 1 N–H and O–H groups in total. The highest BCUT2D eigenvalue weighted by Gasteiger charge is 2.13. The maximum absolute atomic E-state index is 12.0. The quantitative estimate of drug-likeness (QED) is 0.623. The molecule has 0 fully saturated rings. The molecule has 2 heterocycles. The summed E-state index contributed by atoms with van der Waals surface area (Å²) in [5, 5.41) is 0.160. The highest BCUT2D eigenvalue weighted by Crippen LogP contribution is 2.12. The summed E-state index contributed by atoms with van der Waals surface area (Å²) in [5.74, 6) is 0. The molecule has 0 aromatic carbocycles. The molecule has 0 aliphatic heterocycles. The van der Waals surface area contributed by atoms with Gasteiger partial charge in [0.2, 0.25) is 10.0 Å². The van der Waals surface area contributed by atoms with Crippen LogP contribution in [0.5, 0.6) is 0 Å². The number of aryl methyl sites for hydroxylation is 1. The van der Waals surface area contributed by atoms with Gasteiger partial charge in [-0.15, -0.1) is 0 Å². The number of hydrogen-bond acceptors (Lipinski definition) is 4. The van der Waals surface area contributed by atoms with Crippen LogP contribution in [0, 0.1) is 0 Å². The van der Waals surface area contributed by atoms with E-state index in [4.69, 9.17) is 11.6 Å². The lowest BCUT2D eigenvalue weighted by molar-refractivity contribution is 0.566. The van der Waals surface area contributed by atoms with Crippen molar-refractivity contribution in [1.82, 2.24) is 19.3 Å². The molecule has 0 amide bonds. The third-order valence-corrected chi connectivity index (χ3v) is 4.37. The Hall–Kier alpha value is -1.44. The molecule has 0 saturated carbocycles.